The monoisotopic (exact) mass is 253 g/mol. The minimum Gasteiger partial charge on any atom is -0.305 e. The molecule has 0 unspecified atom stereocenters. The maximum Gasteiger partial charge on any atom is 0.277 e. The second-order valence-corrected chi connectivity index (χ2v) is 4.12. The first-order valence-corrected chi connectivity index (χ1v) is 5.77. The first kappa shape index (κ1) is 11.3. The summed E-state index contributed by atoms with van der Waals surface area (Å²) in [4.78, 5) is 20.2. The molecule has 3 rings (SSSR count). The highest BCUT2D eigenvalue weighted by atomic mass is 16.2. The van der Waals surface area contributed by atoms with Crippen LogP contribution in [-0.4, -0.2) is 25.5 Å². The summed E-state index contributed by atoms with van der Waals surface area (Å²) in [5.74, 6) is 0.207. The molecule has 3 heterocycles. The predicted molar refractivity (Wildman–Crippen MR) is 69.9 cm³/mol. The van der Waals surface area contributed by atoms with Gasteiger partial charge in [0.05, 0.1) is 0 Å². The lowest BCUT2D eigenvalue weighted by atomic mass is 10.3. The lowest BCUT2D eigenvalue weighted by molar-refractivity contribution is 0.102. The van der Waals surface area contributed by atoms with Crippen molar-refractivity contribution in [3.8, 4) is 0 Å². The van der Waals surface area contributed by atoms with Gasteiger partial charge in [0.2, 0.25) is 0 Å². The molecule has 6 heteroatoms. The molecule has 0 bridgehead atoms. The molecule has 0 saturated heterocycles. The van der Waals surface area contributed by atoms with Crippen LogP contribution in [0.2, 0.25) is 0 Å². The van der Waals surface area contributed by atoms with Crippen LogP contribution in [0, 0.1) is 6.92 Å². The molecule has 0 atom stereocenters. The maximum absolute atomic E-state index is 12.0. The summed E-state index contributed by atoms with van der Waals surface area (Å²) in [7, 11) is 0. The molecule has 0 radical (unpaired) electrons. The van der Waals surface area contributed by atoms with E-state index in [9.17, 15) is 4.79 Å². The van der Waals surface area contributed by atoms with E-state index >= 15 is 0 Å². The maximum atomic E-state index is 12.0. The van der Waals surface area contributed by atoms with Crippen LogP contribution in [0.15, 0.2) is 42.9 Å². The highest BCUT2D eigenvalue weighted by Gasteiger charge is 2.11. The fraction of sp³-hybridized carbons (Fsp3) is 0.0769. The number of pyridine rings is 1. The molecule has 3 aromatic heterocycles. The number of carbonyl (C=O) groups excluding carboxylic acids is 1. The number of nitrogens with zero attached hydrogens (tertiary/aromatic N) is 4. The smallest absolute Gasteiger partial charge is 0.277 e. The predicted octanol–water partition coefficient (Wildman–Crippen LogP) is 1.69. The van der Waals surface area contributed by atoms with Crippen molar-refractivity contribution in [2.45, 2.75) is 6.92 Å². The number of carbonyl (C=O) groups is 1. The summed E-state index contributed by atoms with van der Waals surface area (Å²) in [6.45, 7) is 1.94. The van der Waals surface area contributed by atoms with E-state index in [-0.39, 0.29) is 5.91 Å². The third-order valence-corrected chi connectivity index (χ3v) is 2.63. The number of fused-ring (bicyclic) bond motifs is 1. The Morgan fingerprint density at radius 2 is 2.16 bits per heavy atom. The van der Waals surface area contributed by atoms with Gasteiger partial charge in [-0.25, -0.2) is 14.5 Å². The van der Waals surface area contributed by atoms with Crippen LogP contribution in [-0.2, 0) is 0 Å². The fourth-order valence-electron chi connectivity index (χ4n) is 1.73. The molecule has 0 aromatic carbocycles. The number of hydrogen-bond acceptors (Lipinski definition) is 4. The number of anilines is 1. The quantitative estimate of drug-likeness (QED) is 0.754. The summed E-state index contributed by atoms with van der Waals surface area (Å²) in [5.41, 5.74) is 1.97. The second kappa shape index (κ2) is 4.49. The van der Waals surface area contributed by atoms with E-state index in [1.165, 1.54) is 0 Å². The Morgan fingerprint density at radius 1 is 1.26 bits per heavy atom. The van der Waals surface area contributed by atoms with Gasteiger partial charge in [0.1, 0.15) is 5.82 Å². The van der Waals surface area contributed by atoms with Crippen LogP contribution >= 0.6 is 0 Å². The minimum absolute atomic E-state index is 0.302. The summed E-state index contributed by atoms with van der Waals surface area (Å²) in [6, 6.07) is 7.05. The van der Waals surface area contributed by atoms with Crippen LogP contribution in [0.3, 0.4) is 0 Å². The number of aryl methyl sites for hydroxylation is 1. The van der Waals surface area contributed by atoms with Crippen LogP contribution in [0.25, 0.3) is 5.65 Å². The Balaban J connectivity index is 1.87. The molecule has 6 nitrogen and oxygen atoms in total. The zero-order chi connectivity index (χ0) is 13.2. The Labute approximate surface area is 109 Å². The van der Waals surface area contributed by atoms with Gasteiger partial charge in [-0.2, -0.15) is 5.10 Å². The Bertz CT molecular complexity index is 716. The zero-order valence-electron chi connectivity index (χ0n) is 10.2. The number of rotatable bonds is 2. The number of hydrogen-bond donors (Lipinski definition) is 1. The van der Waals surface area contributed by atoms with Crippen molar-refractivity contribution >= 4 is 17.4 Å². The third-order valence-electron chi connectivity index (χ3n) is 2.63. The van der Waals surface area contributed by atoms with Crippen LogP contribution in [0.1, 0.15) is 16.1 Å². The van der Waals surface area contributed by atoms with E-state index in [1.54, 1.807) is 41.3 Å². The SMILES string of the molecule is Cc1ccnc(NC(=O)c2cc3ncccn3n2)c1. The standard InChI is InChI=1S/C13H11N5O/c1-9-3-5-14-11(7-9)16-13(19)10-8-12-15-4-2-6-18(12)17-10/h2-8H,1H3,(H,14,16,19). The summed E-state index contributed by atoms with van der Waals surface area (Å²) < 4.78 is 1.55. The highest BCUT2D eigenvalue weighted by Crippen LogP contribution is 2.08. The summed E-state index contributed by atoms with van der Waals surface area (Å²) in [5, 5.41) is 6.85. The minimum atomic E-state index is -0.302. The zero-order valence-corrected chi connectivity index (χ0v) is 10.2. The van der Waals surface area contributed by atoms with E-state index in [1.807, 2.05) is 13.0 Å². The molecule has 1 N–H and O–H groups in total. The van der Waals surface area contributed by atoms with E-state index in [0.29, 0.717) is 17.2 Å². The molecule has 0 spiro atoms. The number of amides is 1. The fourth-order valence-corrected chi connectivity index (χ4v) is 1.73. The van der Waals surface area contributed by atoms with Gasteiger partial charge in [-0.15, -0.1) is 0 Å². The number of nitrogens with one attached hydrogen (secondary N) is 1. The van der Waals surface area contributed by atoms with Crippen molar-refractivity contribution < 1.29 is 4.79 Å². The van der Waals surface area contributed by atoms with Gasteiger partial charge in [-0.05, 0) is 30.7 Å². The Hall–Kier alpha value is -2.76. The van der Waals surface area contributed by atoms with Crippen molar-refractivity contribution in [3.63, 3.8) is 0 Å². The first-order valence-electron chi connectivity index (χ1n) is 5.77. The van der Waals surface area contributed by atoms with E-state index < -0.39 is 0 Å². The van der Waals surface area contributed by atoms with Crippen molar-refractivity contribution in [1.82, 2.24) is 19.6 Å². The van der Waals surface area contributed by atoms with Gasteiger partial charge in [0.25, 0.3) is 5.91 Å². The topological polar surface area (TPSA) is 72.2 Å². The highest BCUT2D eigenvalue weighted by molar-refractivity contribution is 6.02. The van der Waals surface area contributed by atoms with Crippen LogP contribution in [0.4, 0.5) is 5.82 Å². The third kappa shape index (κ3) is 2.28. The van der Waals surface area contributed by atoms with Crippen molar-refractivity contribution in [2.24, 2.45) is 0 Å². The summed E-state index contributed by atoms with van der Waals surface area (Å²) >= 11 is 0. The van der Waals surface area contributed by atoms with Gasteiger partial charge < -0.3 is 5.32 Å². The van der Waals surface area contributed by atoms with Gasteiger partial charge >= 0.3 is 0 Å². The molecule has 3 aromatic rings. The van der Waals surface area contributed by atoms with E-state index in [4.69, 9.17) is 0 Å². The molecular formula is C13H11N5O. The normalized spacial score (nSPS) is 10.6. The van der Waals surface area contributed by atoms with Crippen molar-refractivity contribution in [2.75, 3.05) is 5.32 Å². The lowest BCUT2D eigenvalue weighted by Crippen LogP contribution is -2.13. The van der Waals surface area contributed by atoms with Crippen LogP contribution in [0.5, 0.6) is 0 Å². The van der Waals surface area contributed by atoms with Crippen molar-refractivity contribution in [1.29, 1.82) is 0 Å². The molecule has 1 amide bonds. The van der Waals surface area contributed by atoms with Crippen LogP contribution < -0.4 is 5.32 Å². The van der Waals surface area contributed by atoms with Crippen molar-refractivity contribution in [3.05, 3.63) is 54.1 Å². The first-order chi connectivity index (χ1) is 9.22. The average Bonchev–Trinajstić information content (AvgIpc) is 2.82. The van der Waals surface area contributed by atoms with Gasteiger partial charge in [-0.1, -0.05) is 0 Å². The van der Waals surface area contributed by atoms with Gasteiger partial charge in [-0.3, -0.25) is 4.79 Å². The molecule has 0 aliphatic rings. The molecule has 0 fully saturated rings. The van der Waals surface area contributed by atoms with E-state index in [2.05, 4.69) is 20.4 Å². The molecular weight excluding hydrogens is 242 g/mol. The second-order valence-electron chi connectivity index (χ2n) is 4.12. The largest absolute Gasteiger partial charge is 0.305 e. The number of aromatic nitrogens is 4. The molecule has 19 heavy (non-hydrogen) atoms. The summed E-state index contributed by atoms with van der Waals surface area (Å²) in [6.07, 6.45) is 5.04. The molecule has 0 aliphatic carbocycles. The molecule has 0 aliphatic heterocycles. The average molecular weight is 253 g/mol. The lowest BCUT2D eigenvalue weighted by Gasteiger charge is -2.02. The molecule has 0 saturated carbocycles. The Morgan fingerprint density at radius 3 is 2.95 bits per heavy atom. The molecule has 94 valence electrons. The van der Waals surface area contributed by atoms with E-state index in [0.717, 1.165) is 5.56 Å². The van der Waals surface area contributed by atoms with Gasteiger partial charge in [0.15, 0.2) is 11.3 Å². The Kier molecular flexibility index (Phi) is 2.68. The van der Waals surface area contributed by atoms with Gasteiger partial charge in [0, 0.05) is 24.7 Å².